The molecule has 1 aromatic rings. The highest BCUT2D eigenvalue weighted by Crippen LogP contribution is 2.30. The second kappa shape index (κ2) is 5.85. The van der Waals surface area contributed by atoms with E-state index < -0.39 is 5.97 Å². The van der Waals surface area contributed by atoms with Gasteiger partial charge < -0.3 is 5.11 Å². The van der Waals surface area contributed by atoms with E-state index in [0.717, 1.165) is 25.0 Å². The lowest BCUT2D eigenvalue weighted by atomic mass is 10.1. The molecule has 0 saturated heterocycles. The summed E-state index contributed by atoms with van der Waals surface area (Å²) in [6, 6.07) is 4.41. The smallest absolute Gasteiger partial charge is 0.345 e. The Kier molecular flexibility index (Phi) is 4.40. The Labute approximate surface area is 112 Å². The molecule has 0 amide bonds. The lowest BCUT2D eigenvalue weighted by molar-refractivity contribution is 0.0702. The van der Waals surface area contributed by atoms with E-state index in [2.05, 4.69) is 18.7 Å². The van der Waals surface area contributed by atoms with Crippen LogP contribution in [-0.2, 0) is 6.54 Å². The van der Waals surface area contributed by atoms with E-state index >= 15 is 0 Å². The van der Waals surface area contributed by atoms with Crippen molar-refractivity contribution in [2.24, 2.45) is 5.92 Å². The van der Waals surface area contributed by atoms with Gasteiger partial charge in [0.2, 0.25) is 0 Å². The van der Waals surface area contributed by atoms with E-state index in [-0.39, 0.29) is 0 Å². The molecule has 2 rings (SSSR count). The van der Waals surface area contributed by atoms with E-state index in [9.17, 15) is 4.79 Å². The normalized spacial score (nSPS) is 15.6. The van der Waals surface area contributed by atoms with Crippen LogP contribution in [0.25, 0.3) is 0 Å². The molecule has 100 valence electrons. The second-order valence-electron chi connectivity index (χ2n) is 5.46. The molecule has 0 unspecified atom stereocenters. The van der Waals surface area contributed by atoms with Crippen LogP contribution in [0.4, 0.5) is 0 Å². The van der Waals surface area contributed by atoms with Crippen molar-refractivity contribution in [3.63, 3.8) is 0 Å². The molecule has 1 fully saturated rings. The van der Waals surface area contributed by atoms with Crippen molar-refractivity contribution >= 4 is 17.3 Å². The first-order chi connectivity index (χ1) is 8.56. The van der Waals surface area contributed by atoms with E-state index in [1.165, 1.54) is 35.5 Å². The number of carbonyl (C=O) groups is 1. The summed E-state index contributed by atoms with van der Waals surface area (Å²) in [5.74, 6) is -0.0874. The van der Waals surface area contributed by atoms with Gasteiger partial charge in [-0.2, -0.15) is 0 Å². The maximum atomic E-state index is 10.9. The molecule has 1 saturated carbocycles. The van der Waals surface area contributed by atoms with Gasteiger partial charge in [-0.1, -0.05) is 13.8 Å². The molecule has 18 heavy (non-hydrogen) atoms. The third-order valence-electron chi connectivity index (χ3n) is 3.29. The van der Waals surface area contributed by atoms with E-state index in [1.807, 2.05) is 6.07 Å². The van der Waals surface area contributed by atoms with Crippen LogP contribution < -0.4 is 0 Å². The minimum absolute atomic E-state index is 0.449. The van der Waals surface area contributed by atoms with Gasteiger partial charge in [-0.3, -0.25) is 4.90 Å². The highest BCUT2D eigenvalue weighted by Gasteiger charge is 2.29. The number of hydrogen-bond donors (Lipinski definition) is 1. The third kappa shape index (κ3) is 3.82. The average molecular weight is 267 g/mol. The van der Waals surface area contributed by atoms with E-state index in [1.54, 1.807) is 6.07 Å². The second-order valence-corrected chi connectivity index (χ2v) is 6.62. The first-order valence-electron chi connectivity index (χ1n) is 6.62. The van der Waals surface area contributed by atoms with Crippen molar-refractivity contribution < 1.29 is 9.90 Å². The minimum Gasteiger partial charge on any atom is -0.477 e. The first kappa shape index (κ1) is 13.6. The molecule has 0 aliphatic heterocycles. The van der Waals surface area contributed by atoms with Crippen LogP contribution >= 0.6 is 11.3 Å². The zero-order valence-corrected chi connectivity index (χ0v) is 11.9. The Balaban J connectivity index is 1.92. The van der Waals surface area contributed by atoms with Crippen LogP contribution in [0.15, 0.2) is 12.1 Å². The molecule has 4 heteroatoms. The van der Waals surface area contributed by atoms with Crippen molar-refractivity contribution in [3.05, 3.63) is 21.9 Å². The zero-order valence-electron chi connectivity index (χ0n) is 11.1. The first-order valence-corrected chi connectivity index (χ1v) is 7.44. The summed E-state index contributed by atoms with van der Waals surface area (Å²) < 4.78 is 0. The van der Waals surface area contributed by atoms with Gasteiger partial charge >= 0.3 is 5.97 Å². The summed E-state index contributed by atoms with van der Waals surface area (Å²) >= 11 is 1.41. The Hall–Kier alpha value is -0.870. The molecule has 0 radical (unpaired) electrons. The quantitative estimate of drug-likeness (QED) is 0.822. The van der Waals surface area contributed by atoms with Gasteiger partial charge in [-0.15, -0.1) is 11.3 Å². The molecular formula is C14H21NO2S. The number of rotatable bonds is 7. The topological polar surface area (TPSA) is 40.5 Å². The summed E-state index contributed by atoms with van der Waals surface area (Å²) in [6.07, 6.45) is 3.82. The van der Waals surface area contributed by atoms with Crippen LogP contribution in [0.3, 0.4) is 0 Å². The van der Waals surface area contributed by atoms with Gasteiger partial charge in [0.1, 0.15) is 4.88 Å². The molecule has 1 aromatic heterocycles. The van der Waals surface area contributed by atoms with Crippen LogP contribution in [0.5, 0.6) is 0 Å². The van der Waals surface area contributed by atoms with Crippen LogP contribution in [0.1, 0.15) is 47.7 Å². The number of thiophene rings is 1. The Morgan fingerprint density at radius 1 is 1.50 bits per heavy atom. The Morgan fingerprint density at radius 3 is 2.72 bits per heavy atom. The largest absolute Gasteiger partial charge is 0.477 e. The molecule has 1 heterocycles. The standard InChI is InChI=1S/C14H21NO2S/c1-10(2)7-8-15(11-3-4-11)9-12-5-6-13(18-12)14(16)17/h5-6,10-11H,3-4,7-9H2,1-2H3,(H,16,17). The van der Waals surface area contributed by atoms with Gasteiger partial charge in [0.25, 0.3) is 0 Å². The zero-order chi connectivity index (χ0) is 13.1. The fourth-order valence-corrected chi connectivity index (χ4v) is 2.90. The van der Waals surface area contributed by atoms with E-state index in [0.29, 0.717) is 4.88 Å². The van der Waals surface area contributed by atoms with E-state index in [4.69, 9.17) is 5.11 Å². The van der Waals surface area contributed by atoms with Gasteiger partial charge in [0.15, 0.2) is 0 Å². The molecule has 1 N–H and O–H groups in total. The molecule has 0 atom stereocenters. The number of carboxylic acid groups (broad SMARTS) is 1. The van der Waals surface area contributed by atoms with Crippen molar-refractivity contribution in [1.29, 1.82) is 0 Å². The van der Waals surface area contributed by atoms with Gasteiger partial charge in [0, 0.05) is 17.5 Å². The number of nitrogens with zero attached hydrogens (tertiary/aromatic N) is 1. The summed E-state index contributed by atoms with van der Waals surface area (Å²) in [5.41, 5.74) is 0. The van der Waals surface area contributed by atoms with Gasteiger partial charge in [-0.25, -0.2) is 4.79 Å². The van der Waals surface area contributed by atoms with Gasteiger partial charge in [0.05, 0.1) is 0 Å². The highest BCUT2D eigenvalue weighted by molar-refractivity contribution is 7.13. The lowest BCUT2D eigenvalue weighted by Crippen LogP contribution is -2.27. The predicted octanol–water partition coefficient (Wildman–Crippen LogP) is 3.46. The van der Waals surface area contributed by atoms with Crippen LogP contribution in [0, 0.1) is 5.92 Å². The van der Waals surface area contributed by atoms with Crippen molar-refractivity contribution in [2.45, 2.75) is 45.7 Å². The summed E-state index contributed by atoms with van der Waals surface area (Å²) in [5, 5.41) is 8.93. The fourth-order valence-electron chi connectivity index (χ4n) is 2.03. The molecular weight excluding hydrogens is 246 g/mol. The van der Waals surface area contributed by atoms with Crippen LogP contribution in [0.2, 0.25) is 0 Å². The summed E-state index contributed by atoms with van der Waals surface area (Å²) in [7, 11) is 0. The van der Waals surface area contributed by atoms with Gasteiger partial charge in [-0.05, 0) is 43.9 Å². The molecule has 1 aliphatic carbocycles. The summed E-state index contributed by atoms with van der Waals surface area (Å²) in [4.78, 5) is 15.0. The molecule has 0 spiro atoms. The SMILES string of the molecule is CC(C)CCN(Cc1ccc(C(=O)O)s1)C1CC1. The molecule has 3 nitrogen and oxygen atoms in total. The summed E-state index contributed by atoms with van der Waals surface area (Å²) in [6.45, 7) is 6.54. The maximum absolute atomic E-state index is 10.9. The van der Waals surface area contributed by atoms with Crippen molar-refractivity contribution in [2.75, 3.05) is 6.54 Å². The predicted molar refractivity (Wildman–Crippen MR) is 74.2 cm³/mol. The molecule has 0 bridgehead atoms. The van der Waals surface area contributed by atoms with Crippen molar-refractivity contribution in [1.82, 2.24) is 4.90 Å². The highest BCUT2D eigenvalue weighted by atomic mass is 32.1. The fraction of sp³-hybridized carbons (Fsp3) is 0.643. The Bertz CT molecular complexity index is 410. The molecule has 1 aliphatic rings. The molecule has 0 aromatic carbocycles. The van der Waals surface area contributed by atoms with Crippen LogP contribution in [-0.4, -0.2) is 28.6 Å². The maximum Gasteiger partial charge on any atom is 0.345 e. The number of hydrogen-bond acceptors (Lipinski definition) is 3. The minimum atomic E-state index is -0.814. The monoisotopic (exact) mass is 267 g/mol. The number of aromatic carboxylic acids is 1. The number of carboxylic acids is 1. The third-order valence-corrected chi connectivity index (χ3v) is 4.35. The van der Waals surface area contributed by atoms with Crippen molar-refractivity contribution in [3.8, 4) is 0 Å². The Morgan fingerprint density at radius 2 is 2.22 bits per heavy atom. The lowest BCUT2D eigenvalue weighted by Gasteiger charge is -2.22. The average Bonchev–Trinajstić information content (AvgIpc) is 3.03.